The van der Waals surface area contributed by atoms with Crippen molar-refractivity contribution in [3.05, 3.63) is 15.5 Å². The number of nitrogens with two attached hydrogens (primary N) is 1. The molecule has 1 amide bonds. The van der Waals surface area contributed by atoms with E-state index >= 15 is 0 Å². The van der Waals surface area contributed by atoms with Crippen LogP contribution in [-0.4, -0.2) is 28.4 Å². The Morgan fingerprint density at radius 3 is 3.06 bits per heavy atom. The minimum Gasteiger partial charge on any atom is -0.332 e. The minimum atomic E-state index is -0.108. The van der Waals surface area contributed by atoms with E-state index in [1.807, 2.05) is 6.92 Å². The molecule has 1 aromatic rings. The predicted octanol–water partition coefficient (Wildman–Crippen LogP) is 1.81. The highest BCUT2D eigenvalue weighted by Gasteiger charge is 2.35. The standard InChI is InChI=1S/C10H14ClN3OS/c1-2-14-8(15)4-3-6(12)9(14)10-13-5-7(11)16-10/h5-6,9H,2-4,12H2,1H3. The molecule has 2 atom stereocenters. The van der Waals surface area contributed by atoms with E-state index in [-0.39, 0.29) is 18.0 Å². The van der Waals surface area contributed by atoms with E-state index in [4.69, 9.17) is 17.3 Å². The summed E-state index contributed by atoms with van der Waals surface area (Å²) in [6.07, 6.45) is 2.86. The number of thiazole rings is 1. The number of carbonyl (C=O) groups is 1. The van der Waals surface area contributed by atoms with Crippen molar-refractivity contribution in [1.82, 2.24) is 9.88 Å². The molecule has 1 fully saturated rings. The number of nitrogens with zero attached hydrogens (tertiary/aromatic N) is 2. The molecule has 1 aromatic heterocycles. The minimum absolute atomic E-state index is 0.0418. The molecule has 2 unspecified atom stereocenters. The summed E-state index contributed by atoms with van der Waals surface area (Å²) < 4.78 is 0.635. The van der Waals surface area contributed by atoms with E-state index < -0.39 is 0 Å². The van der Waals surface area contributed by atoms with E-state index in [1.165, 1.54) is 11.3 Å². The fourth-order valence-corrected chi connectivity index (χ4v) is 3.19. The fraction of sp³-hybridized carbons (Fsp3) is 0.600. The SMILES string of the molecule is CCN1C(=O)CCC(N)C1c1ncc(Cl)s1. The Kier molecular flexibility index (Phi) is 3.47. The average Bonchev–Trinajstić information content (AvgIpc) is 2.67. The van der Waals surface area contributed by atoms with Gasteiger partial charge in [-0.15, -0.1) is 11.3 Å². The van der Waals surface area contributed by atoms with Crippen LogP contribution in [0.15, 0.2) is 6.20 Å². The number of amides is 1. The summed E-state index contributed by atoms with van der Waals surface area (Å²) in [5.41, 5.74) is 6.08. The number of halogens is 1. The number of hydrogen-bond acceptors (Lipinski definition) is 4. The molecule has 4 nitrogen and oxygen atoms in total. The zero-order chi connectivity index (χ0) is 11.7. The van der Waals surface area contributed by atoms with Gasteiger partial charge in [-0.1, -0.05) is 11.6 Å². The van der Waals surface area contributed by atoms with Gasteiger partial charge in [0.05, 0.1) is 12.2 Å². The van der Waals surface area contributed by atoms with Gasteiger partial charge in [-0.25, -0.2) is 4.98 Å². The molecule has 0 radical (unpaired) electrons. The van der Waals surface area contributed by atoms with Gasteiger partial charge in [-0.3, -0.25) is 4.79 Å². The molecule has 1 aliphatic rings. The number of likely N-dealkylation sites (tertiary alicyclic amines) is 1. The first kappa shape index (κ1) is 11.8. The van der Waals surface area contributed by atoms with Crippen LogP contribution in [0.25, 0.3) is 0 Å². The fourth-order valence-electron chi connectivity index (χ4n) is 2.07. The lowest BCUT2D eigenvalue weighted by Gasteiger charge is -2.37. The second-order valence-electron chi connectivity index (χ2n) is 3.83. The van der Waals surface area contributed by atoms with Crippen LogP contribution in [0, 0.1) is 0 Å². The van der Waals surface area contributed by atoms with Crippen LogP contribution in [-0.2, 0) is 4.79 Å². The maximum absolute atomic E-state index is 11.8. The number of carbonyl (C=O) groups excluding carboxylic acids is 1. The van der Waals surface area contributed by atoms with Crippen molar-refractivity contribution >= 4 is 28.8 Å². The number of rotatable bonds is 2. The third kappa shape index (κ3) is 2.07. The number of piperidine rings is 1. The number of likely N-dealkylation sites (N-methyl/N-ethyl adjacent to an activating group) is 1. The molecular formula is C10H14ClN3OS. The number of aromatic nitrogens is 1. The summed E-state index contributed by atoms with van der Waals surface area (Å²) in [5, 5.41) is 0.840. The van der Waals surface area contributed by atoms with Crippen LogP contribution in [0.1, 0.15) is 30.8 Å². The van der Waals surface area contributed by atoms with Gasteiger partial charge in [-0.2, -0.15) is 0 Å². The zero-order valence-electron chi connectivity index (χ0n) is 9.02. The van der Waals surface area contributed by atoms with Gasteiger partial charge in [0, 0.05) is 19.0 Å². The molecule has 16 heavy (non-hydrogen) atoms. The molecule has 88 valence electrons. The van der Waals surface area contributed by atoms with E-state index in [2.05, 4.69) is 4.98 Å². The second kappa shape index (κ2) is 4.69. The normalized spacial score (nSPS) is 26.2. The zero-order valence-corrected chi connectivity index (χ0v) is 10.6. The monoisotopic (exact) mass is 259 g/mol. The lowest BCUT2D eigenvalue weighted by atomic mass is 9.97. The Balaban J connectivity index is 2.30. The van der Waals surface area contributed by atoms with Gasteiger partial charge in [0.2, 0.25) is 5.91 Å². The van der Waals surface area contributed by atoms with E-state index in [0.717, 1.165) is 11.4 Å². The Hall–Kier alpha value is -0.650. The Morgan fingerprint density at radius 2 is 2.50 bits per heavy atom. The van der Waals surface area contributed by atoms with Gasteiger partial charge in [0.25, 0.3) is 0 Å². The van der Waals surface area contributed by atoms with E-state index in [9.17, 15) is 4.79 Å². The maximum atomic E-state index is 11.8. The summed E-state index contributed by atoms with van der Waals surface area (Å²) in [4.78, 5) is 17.8. The highest BCUT2D eigenvalue weighted by molar-refractivity contribution is 7.15. The van der Waals surface area contributed by atoms with E-state index in [1.54, 1.807) is 11.1 Å². The first-order valence-corrected chi connectivity index (χ1v) is 6.49. The van der Waals surface area contributed by atoms with Gasteiger partial charge in [-0.05, 0) is 13.3 Å². The van der Waals surface area contributed by atoms with Crippen molar-refractivity contribution in [2.24, 2.45) is 5.73 Å². The third-order valence-electron chi connectivity index (χ3n) is 2.84. The first-order chi connectivity index (χ1) is 7.63. The Morgan fingerprint density at radius 1 is 1.75 bits per heavy atom. The molecule has 0 bridgehead atoms. The van der Waals surface area contributed by atoms with Gasteiger partial charge in [0.1, 0.15) is 9.34 Å². The molecular weight excluding hydrogens is 246 g/mol. The van der Waals surface area contributed by atoms with Crippen LogP contribution >= 0.6 is 22.9 Å². The quantitative estimate of drug-likeness (QED) is 0.881. The molecule has 2 N–H and O–H groups in total. The van der Waals surface area contributed by atoms with Crippen molar-refractivity contribution in [3.8, 4) is 0 Å². The van der Waals surface area contributed by atoms with Crippen molar-refractivity contribution in [2.45, 2.75) is 31.8 Å². The highest BCUT2D eigenvalue weighted by atomic mass is 35.5. The van der Waals surface area contributed by atoms with Crippen molar-refractivity contribution in [1.29, 1.82) is 0 Å². The molecule has 6 heteroatoms. The van der Waals surface area contributed by atoms with Crippen molar-refractivity contribution < 1.29 is 4.79 Å². The van der Waals surface area contributed by atoms with Crippen LogP contribution in [0.5, 0.6) is 0 Å². The highest BCUT2D eigenvalue weighted by Crippen LogP contribution is 2.34. The Labute approximate surface area is 103 Å². The maximum Gasteiger partial charge on any atom is 0.223 e. The predicted molar refractivity (Wildman–Crippen MR) is 64.5 cm³/mol. The van der Waals surface area contributed by atoms with Gasteiger partial charge in [0.15, 0.2) is 0 Å². The van der Waals surface area contributed by atoms with Crippen LogP contribution in [0.4, 0.5) is 0 Å². The van der Waals surface area contributed by atoms with Crippen LogP contribution < -0.4 is 5.73 Å². The topological polar surface area (TPSA) is 59.2 Å². The average molecular weight is 260 g/mol. The molecule has 1 aliphatic heterocycles. The smallest absolute Gasteiger partial charge is 0.223 e. The van der Waals surface area contributed by atoms with E-state index in [0.29, 0.717) is 17.3 Å². The molecule has 0 spiro atoms. The summed E-state index contributed by atoms with van der Waals surface area (Å²) >= 11 is 7.27. The van der Waals surface area contributed by atoms with Crippen LogP contribution in [0.3, 0.4) is 0 Å². The van der Waals surface area contributed by atoms with Gasteiger partial charge < -0.3 is 10.6 Å². The van der Waals surface area contributed by atoms with Crippen LogP contribution in [0.2, 0.25) is 4.34 Å². The molecule has 1 saturated heterocycles. The summed E-state index contributed by atoms with van der Waals surface area (Å²) in [6, 6.07) is -0.149. The molecule has 0 aliphatic carbocycles. The second-order valence-corrected chi connectivity index (χ2v) is 5.52. The van der Waals surface area contributed by atoms with Gasteiger partial charge >= 0.3 is 0 Å². The summed E-state index contributed by atoms with van der Waals surface area (Å²) in [6.45, 7) is 2.62. The first-order valence-electron chi connectivity index (χ1n) is 5.29. The van der Waals surface area contributed by atoms with Crippen molar-refractivity contribution in [2.75, 3.05) is 6.54 Å². The number of hydrogen-bond donors (Lipinski definition) is 1. The largest absolute Gasteiger partial charge is 0.332 e. The van der Waals surface area contributed by atoms with Crippen molar-refractivity contribution in [3.63, 3.8) is 0 Å². The summed E-state index contributed by atoms with van der Waals surface area (Å²) in [5.74, 6) is 0.153. The summed E-state index contributed by atoms with van der Waals surface area (Å²) in [7, 11) is 0. The lowest BCUT2D eigenvalue weighted by molar-refractivity contribution is -0.137. The molecule has 2 heterocycles. The third-order valence-corrected chi connectivity index (χ3v) is 4.03. The molecule has 0 saturated carbocycles. The molecule has 0 aromatic carbocycles. The lowest BCUT2D eigenvalue weighted by Crippen LogP contribution is -2.48. The molecule has 2 rings (SSSR count). The Bertz CT molecular complexity index is 395.